The van der Waals surface area contributed by atoms with E-state index in [1.807, 2.05) is 18.3 Å². The Morgan fingerprint density at radius 1 is 1.39 bits per heavy atom. The van der Waals surface area contributed by atoms with Crippen molar-refractivity contribution in [1.29, 1.82) is 0 Å². The van der Waals surface area contributed by atoms with Gasteiger partial charge in [0.05, 0.1) is 6.54 Å². The molecule has 2 heterocycles. The van der Waals surface area contributed by atoms with Crippen molar-refractivity contribution in [3.8, 4) is 0 Å². The van der Waals surface area contributed by atoms with Gasteiger partial charge >= 0.3 is 0 Å². The second-order valence-electron chi connectivity index (χ2n) is 3.95. The summed E-state index contributed by atoms with van der Waals surface area (Å²) in [6.07, 6.45) is 1.82. The predicted molar refractivity (Wildman–Crippen MR) is 70.0 cm³/mol. The molecule has 2 aromatic rings. The number of nitrogens with zero attached hydrogens (tertiary/aromatic N) is 2. The van der Waals surface area contributed by atoms with Crippen LogP contribution in [0.4, 0.5) is 17.5 Å². The number of Topliss-reactive ketones (excluding diaryl/α,β-unsaturated/α-hetero) is 1. The van der Waals surface area contributed by atoms with E-state index >= 15 is 0 Å². The van der Waals surface area contributed by atoms with Gasteiger partial charge in [-0.05, 0) is 26.0 Å². The molecule has 0 fully saturated rings. The summed E-state index contributed by atoms with van der Waals surface area (Å²) < 4.78 is 0. The Bertz CT molecular complexity index is 535. The standard InChI is InChI=1S/C12H15N5O/c1-8(18)7-14-11-6-12(16-9(2)15-11)17-10-4-3-5-13-10/h3-6,13H,7H2,1-2H3,(H2,14,15,16,17). The normalized spacial score (nSPS) is 10.1. The molecule has 6 nitrogen and oxygen atoms in total. The molecular weight excluding hydrogens is 230 g/mol. The summed E-state index contributed by atoms with van der Waals surface area (Å²) in [4.78, 5) is 22.4. The van der Waals surface area contributed by atoms with Crippen LogP contribution < -0.4 is 10.6 Å². The molecule has 0 atom stereocenters. The van der Waals surface area contributed by atoms with Gasteiger partial charge in [-0.3, -0.25) is 4.79 Å². The van der Waals surface area contributed by atoms with Crippen molar-refractivity contribution in [3.63, 3.8) is 0 Å². The lowest BCUT2D eigenvalue weighted by molar-refractivity contribution is -0.115. The molecule has 0 aliphatic heterocycles. The first-order valence-corrected chi connectivity index (χ1v) is 5.63. The van der Waals surface area contributed by atoms with Crippen LogP contribution in [0, 0.1) is 6.92 Å². The van der Waals surface area contributed by atoms with E-state index in [1.54, 1.807) is 13.0 Å². The lowest BCUT2D eigenvalue weighted by Crippen LogP contribution is -2.12. The Kier molecular flexibility index (Phi) is 3.57. The van der Waals surface area contributed by atoms with Crippen LogP contribution in [0.3, 0.4) is 0 Å². The number of rotatable bonds is 5. The van der Waals surface area contributed by atoms with Crippen LogP contribution in [0.25, 0.3) is 0 Å². The molecule has 0 amide bonds. The van der Waals surface area contributed by atoms with Crippen LogP contribution in [-0.4, -0.2) is 27.3 Å². The number of hydrogen-bond donors (Lipinski definition) is 3. The van der Waals surface area contributed by atoms with Crippen LogP contribution >= 0.6 is 0 Å². The van der Waals surface area contributed by atoms with Crippen molar-refractivity contribution >= 4 is 23.2 Å². The molecule has 3 N–H and O–H groups in total. The van der Waals surface area contributed by atoms with Gasteiger partial charge in [0.1, 0.15) is 29.1 Å². The van der Waals surface area contributed by atoms with Gasteiger partial charge in [-0.15, -0.1) is 0 Å². The largest absolute Gasteiger partial charge is 0.363 e. The van der Waals surface area contributed by atoms with Crippen molar-refractivity contribution in [2.24, 2.45) is 0 Å². The highest BCUT2D eigenvalue weighted by atomic mass is 16.1. The number of aryl methyl sites for hydroxylation is 1. The molecule has 0 saturated heterocycles. The molecule has 0 aliphatic rings. The number of hydrogen-bond acceptors (Lipinski definition) is 5. The predicted octanol–water partition coefficient (Wildman–Crippen LogP) is 1.86. The zero-order valence-corrected chi connectivity index (χ0v) is 10.3. The van der Waals surface area contributed by atoms with Gasteiger partial charge in [0.25, 0.3) is 0 Å². The van der Waals surface area contributed by atoms with Crippen molar-refractivity contribution in [2.45, 2.75) is 13.8 Å². The van der Waals surface area contributed by atoms with E-state index in [-0.39, 0.29) is 12.3 Å². The minimum absolute atomic E-state index is 0.0603. The molecule has 2 aromatic heterocycles. The van der Waals surface area contributed by atoms with E-state index in [1.165, 1.54) is 6.92 Å². The van der Waals surface area contributed by atoms with Crippen molar-refractivity contribution in [3.05, 3.63) is 30.2 Å². The second kappa shape index (κ2) is 5.31. The summed E-state index contributed by atoms with van der Waals surface area (Å²) in [5, 5.41) is 6.08. The maximum atomic E-state index is 10.9. The third-order valence-electron chi connectivity index (χ3n) is 2.22. The molecule has 0 aromatic carbocycles. The number of aromatic amines is 1. The van der Waals surface area contributed by atoms with Gasteiger partial charge in [0.15, 0.2) is 0 Å². The zero-order chi connectivity index (χ0) is 13.0. The monoisotopic (exact) mass is 245 g/mol. The molecule has 0 saturated carbocycles. The number of carbonyl (C=O) groups is 1. The summed E-state index contributed by atoms with van der Waals surface area (Å²) in [7, 11) is 0. The van der Waals surface area contributed by atoms with E-state index in [4.69, 9.17) is 0 Å². The van der Waals surface area contributed by atoms with E-state index in [9.17, 15) is 4.79 Å². The van der Waals surface area contributed by atoms with Crippen molar-refractivity contribution in [1.82, 2.24) is 15.0 Å². The quantitative estimate of drug-likeness (QED) is 0.749. The molecule has 6 heteroatoms. The number of nitrogens with one attached hydrogen (secondary N) is 3. The van der Waals surface area contributed by atoms with Crippen LogP contribution in [0.15, 0.2) is 24.4 Å². The fraction of sp³-hybridized carbons (Fsp3) is 0.250. The van der Waals surface area contributed by atoms with Gasteiger partial charge < -0.3 is 15.6 Å². The van der Waals surface area contributed by atoms with Crippen molar-refractivity contribution < 1.29 is 4.79 Å². The minimum Gasteiger partial charge on any atom is -0.363 e. The number of carbonyl (C=O) groups excluding carboxylic acids is 1. The smallest absolute Gasteiger partial charge is 0.148 e. The Hall–Kier alpha value is -2.37. The molecule has 0 aliphatic carbocycles. The van der Waals surface area contributed by atoms with Crippen molar-refractivity contribution in [2.75, 3.05) is 17.2 Å². The van der Waals surface area contributed by atoms with Gasteiger partial charge in [0, 0.05) is 12.3 Å². The average Bonchev–Trinajstić information content (AvgIpc) is 2.78. The first-order valence-electron chi connectivity index (χ1n) is 5.63. The van der Waals surface area contributed by atoms with E-state index in [2.05, 4.69) is 25.6 Å². The number of anilines is 3. The van der Waals surface area contributed by atoms with Crippen LogP contribution in [-0.2, 0) is 4.79 Å². The topological polar surface area (TPSA) is 82.7 Å². The fourth-order valence-corrected chi connectivity index (χ4v) is 1.48. The number of H-pyrrole nitrogens is 1. The van der Waals surface area contributed by atoms with Gasteiger partial charge in [0.2, 0.25) is 0 Å². The maximum absolute atomic E-state index is 10.9. The highest BCUT2D eigenvalue weighted by Gasteiger charge is 2.03. The molecule has 18 heavy (non-hydrogen) atoms. The Balaban J connectivity index is 2.13. The Morgan fingerprint density at radius 2 is 2.17 bits per heavy atom. The Morgan fingerprint density at radius 3 is 2.83 bits per heavy atom. The highest BCUT2D eigenvalue weighted by molar-refractivity contribution is 5.80. The second-order valence-corrected chi connectivity index (χ2v) is 3.95. The number of ketones is 1. The Labute approximate surface area is 105 Å². The maximum Gasteiger partial charge on any atom is 0.148 e. The van der Waals surface area contributed by atoms with Gasteiger partial charge in [-0.25, -0.2) is 9.97 Å². The average molecular weight is 245 g/mol. The van der Waals surface area contributed by atoms with Gasteiger partial charge in [-0.1, -0.05) is 0 Å². The number of aromatic nitrogens is 3. The molecule has 2 rings (SSSR count). The van der Waals surface area contributed by atoms with Crippen LogP contribution in [0.2, 0.25) is 0 Å². The summed E-state index contributed by atoms with van der Waals surface area (Å²) in [5.41, 5.74) is 0. The molecule has 94 valence electrons. The minimum atomic E-state index is 0.0603. The first kappa shape index (κ1) is 12.1. The lowest BCUT2D eigenvalue weighted by atomic mass is 10.4. The molecule has 0 spiro atoms. The summed E-state index contributed by atoms with van der Waals surface area (Å²) in [5.74, 6) is 2.86. The summed E-state index contributed by atoms with van der Waals surface area (Å²) >= 11 is 0. The third-order valence-corrected chi connectivity index (χ3v) is 2.22. The summed E-state index contributed by atoms with van der Waals surface area (Å²) in [6, 6.07) is 5.56. The van der Waals surface area contributed by atoms with E-state index in [0.29, 0.717) is 17.5 Å². The van der Waals surface area contributed by atoms with E-state index < -0.39 is 0 Å². The molecule has 0 unspecified atom stereocenters. The molecular formula is C12H15N5O. The van der Waals surface area contributed by atoms with Gasteiger partial charge in [-0.2, -0.15) is 0 Å². The van der Waals surface area contributed by atoms with E-state index in [0.717, 1.165) is 5.82 Å². The summed E-state index contributed by atoms with van der Waals surface area (Å²) in [6.45, 7) is 3.59. The highest BCUT2D eigenvalue weighted by Crippen LogP contribution is 2.15. The van der Waals surface area contributed by atoms with Crippen LogP contribution in [0.1, 0.15) is 12.7 Å². The first-order chi connectivity index (χ1) is 8.63. The fourth-order valence-electron chi connectivity index (χ4n) is 1.48. The molecule has 0 radical (unpaired) electrons. The third kappa shape index (κ3) is 3.31. The SMILES string of the molecule is CC(=O)CNc1cc(Nc2ccc[nH]2)nc(C)n1. The lowest BCUT2D eigenvalue weighted by Gasteiger charge is -2.08. The van der Waals surface area contributed by atoms with Crippen LogP contribution in [0.5, 0.6) is 0 Å². The zero-order valence-electron chi connectivity index (χ0n) is 10.3. The molecule has 0 bridgehead atoms.